The molecule has 1 aliphatic heterocycles. The van der Waals surface area contributed by atoms with E-state index >= 15 is 0 Å². The van der Waals surface area contributed by atoms with Crippen molar-refractivity contribution < 1.29 is 0 Å². The summed E-state index contributed by atoms with van der Waals surface area (Å²) in [6, 6.07) is 0. The van der Waals surface area contributed by atoms with E-state index in [0.717, 1.165) is 10.2 Å². The molecule has 0 unspecified atom stereocenters. The molecule has 1 N–H and O–H groups in total. The predicted octanol–water partition coefficient (Wildman–Crippen LogP) is 1.90. The van der Waals surface area contributed by atoms with Gasteiger partial charge in [0.15, 0.2) is 0 Å². The average Bonchev–Trinajstić information content (AvgIpc) is 1.77. The molecule has 8 heavy (non-hydrogen) atoms. The highest BCUT2D eigenvalue weighted by Gasteiger charge is 1.96. The summed E-state index contributed by atoms with van der Waals surface area (Å²) in [6.45, 7) is 3.72. The highest BCUT2D eigenvalue weighted by Crippen LogP contribution is 2.14. The van der Waals surface area contributed by atoms with Gasteiger partial charge in [-0.3, -0.25) is 0 Å². The zero-order valence-corrected chi connectivity index (χ0v) is 5.90. The van der Waals surface area contributed by atoms with Gasteiger partial charge in [0.25, 0.3) is 0 Å². The number of rotatable bonds is 0. The fourth-order valence-corrected chi connectivity index (χ4v) is 0.718. The summed E-state index contributed by atoms with van der Waals surface area (Å²) in [5.74, 6) is 0. The molecule has 1 aliphatic rings. The zero-order valence-electron chi connectivity index (χ0n) is 4.32. The molecule has 0 aromatic rings. The van der Waals surface area contributed by atoms with Crippen LogP contribution in [0, 0.1) is 0 Å². The van der Waals surface area contributed by atoms with Crippen LogP contribution >= 0.6 is 15.9 Å². The average molecular weight is 172 g/mol. The Morgan fingerprint density at radius 2 is 2.38 bits per heavy atom. The van der Waals surface area contributed by atoms with Gasteiger partial charge in [0, 0.05) is 16.4 Å². The van der Waals surface area contributed by atoms with Crippen molar-refractivity contribution in [3.8, 4) is 0 Å². The molecule has 0 spiro atoms. The van der Waals surface area contributed by atoms with Crippen molar-refractivity contribution in [2.75, 3.05) is 0 Å². The van der Waals surface area contributed by atoms with E-state index in [-0.39, 0.29) is 0 Å². The van der Waals surface area contributed by atoms with Crippen molar-refractivity contribution in [3.05, 3.63) is 35.1 Å². The van der Waals surface area contributed by atoms with E-state index < -0.39 is 0 Å². The Morgan fingerprint density at radius 3 is 2.75 bits per heavy atom. The first-order chi connectivity index (χ1) is 3.80. The van der Waals surface area contributed by atoms with Crippen LogP contribution in [0.1, 0.15) is 0 Å². The number of hydrogen-bond acceptors (Lipinski definition) is 1. The first-order valence-corrected chi connectivity index (χ1v) is 3.08. The lowest BCUT2D eigenvalue weighted by molar-refractivity contribution is 1.10. The largest absolute Gasteiger partial charge is 0.361 e. The molecule has 0 aromatic carbocycles. The van der Waals surface area contributed by atoms with Crippen molar-refractivity contribution in [3.63, 3.8) is 0 Å². The van der Waals surface area contributed by atoms with E-state index in [1.54, 1.807) is 0 Å². The summed E-state index contributed by atoms with van der Waals surface area (Å²) in [4.78, 5) is 0. The molecule has 2 heteroatoms. The third-order valence-electron chi connectivity index (χ3n) is 0.885. The van der Waals surface area contributed by atoms with E-state index in [0.29, 0.717) is 0 Å². The van der Waals surface area contributed by atoms with Gasteiger partial charge >= 0.3 is 0 Å². The van der Waals surface area contributed by atoms with Crippen LogP contribution < -0.4 is 5.32 Å². The monoisotopic (exact) mass is 171 g/mol. The van der Waals surface area contributed by atoms with Crippen molar-refractivity contribution >= 4 is 15.9 Å². The zero-order chi connectivity index (χ0) is 5.98. The third-order valence-corrected chi connectivity index (χ3v) is 1.63. The second-order valence-corrected chi connectivity index (χ2v) is 2.35. The smallest absolute Gasteiger partial charge is 0.0451 e. The maximum atomic E-state index is 3.72. The highest BCUT2D eigenvalue weighted by atomic mass is 79.9. The maximum Gasteiger partial charge on any atom is 0.0451 e. The van der Waals surface area contributed by atoms with E-state index in [1.807, 2.05) is 18.4 Å². The molecular weight excluding hydrogens is 166 g/mol. The van der Waals surface area contributed by atoms with Gasteiger partial charge in [-0.1, -0.05) is 6.58 Å². The molecule has 0 radical (unpaired) electrons. The lowest BCUT2D eigenvalue weighted by atomic mass is 10.3. The topological polar surface area (TPSA) is 12.0 Å². The van der Waals surface area contributed by atoms with Crippen LogP contribution in [0.5, 0.6) is 0 Å². The summed E-state index contributed by atoms with van der Waals surface area (Å²) in [5, 5.41) is 2.94. The molecule has 0 aromatic heterocycles. The first-order valence-electron chi connectivity index (χ1n) is 2.29. The van der Waals surface area contributed by atoms with Gasteiger partial charge in [-0.15, -0.1) is 0 Å². The molecule has 0 amide bonds. The molecule has 0 saturated carbocycles. The van der Waals surface area contributed by atoms with Gasteiger partial charge in [0.2, 0.25) is 0 Å². The summed E-state index contributed by atoms with van der Waals surface area (Å²) in [5.41, 5.74) is 0.910. The van der Waals surface area contributed by atoms with E-state index in [4.69, 9.17) is 0 Å². The Kier molecular flexibility index (Phi) is 1.53. The third kappa shape index (κ3) is 1.01. The number of hydrogen-bond donors (Lipinski definition) is 1. The van der Waals surface area contributed by atoms with Crippen molar-refractivity contribution in [1.29, 1.82) is 0 Å². The Balaban J connectivity index is 2.80. The highest BCUT2D eigenvalue weighted by molar-refractivity contribution is 9.12. The Morgan fingerprint density at radius 1 is 1.62 bits per heavy atom. The van der Waals surface area contributed by atoms with Crippen LogP contribution in [0.15, 0.2) is 35.1 Å². The molecule has 1 nitrogen and oxygen atoms in total. The standard InChI is InChI=1S/C6H6BrN/c1-5-6(7)3-2-4-8-5/h2-4,8H,1H2. The number of allylic oxidation sites excluding steroid dienone is 3. The van der Waals surface area contributed by atoms with Crippen molar-refractivity contribution in [2.24, 2.45) is 0 Å². The molecule has 0 atom stereocenters. The molecule has 42 valence electrons. The summed E-state index contributed by atoms with van der Waals surface area (Å²) < 4.78 is 1.01. The summed E-state index contributed by atoms with van der Waals surface area (Å²) in [6.07, 6.45) is 5.70. The Hall–Kier alpha value is -0.500. The van der Waals surface area contributed by atoms with Crippen molar-refractivity contribution in [1.82, 2.24) is 5.32 Å². The molecule has 1 rings (SSSR count). The van der Waals surface area contributed by atoms with Crippen molar-refractivity contribution in [2.45, 2.75) is 0 Å². The number of dihydropyridines is 1. The van der Waals surface area contributed by atoms with Gasteiger partial charge in [0.05, 0.1) is 0 Å². The molecule has 0 fully saturated rings. The normalized spacial score (nSPS) is 17.6. The maximum absolute atomic E-state index is 3.72. The van der Waals surface area contributed by atoms with Gasteiger partial charge in [-0.25, -0.2) is 0 Å². The molecular formula is C6H6BrN. The van der Waals surface area contributed by atoms with Gasteiger partial charge in [-0.05, 0) is 28.1 Å². The SMILES string of the molecule is C=C1NC=CC=C1Br. The van der Waals surface area contributed by atoms with Crippen LogP contribution in [0.4, 0.5) is 0 Å². The fraction of sp³-hybridized carbons (Fsp3) is 0. The van der Waals surface area contributed by atoms with Gasteiger partial charge in [-0.2, -0.15) is 0 Å². The minimum absolute atomic E-state index is 0.910. The lowest BCUT2D eigenvalue weighted by Gasteiger charge is -2.05. The van der Waals surface area contributed by atoms with Crippen LogP contribution in [0.2, 0.25) is 0 Å². The minimum atomic E-state index is 0.910. The van der Waals surface area contributed by atoms with E-state index in [9.17, 15) is 0 Å². The van der Waals surface area contributed by atoms with E-state index in [1.165, 1.54) is 0 Å². The fourth-order valence-electron chi connectivity index (χ4n) is 0.451. The second kappa shape index (κ2) is 2.18. The van der Waals surface area contributed by atoms with Gasteiger partial charge < -0.3 is 5.32 Å². The van der Waals surface area contributed by atoms with Crippen LogP contribution in [0.25, 0.3) is 0 Å². The summed E-state index contributed by atoms with van der Waals surface area (Å²) >= 11 is 3.30. The van der Waals surface area contributed by atoms with Crippen LogP contribution in [-0.2, 0) is 0 Å². The van der Waals surface area contributed by atoms with E-state index in [2.05, 4.69) is 27.8 Å². The van der Waals surface area contributed by atoms with Gasteiger partial charge in [0.1, 0.15) is 0 Å². The first kappa shape index (κ1) is 5.63. The molecule has 0 aliphatic carbocycles. The number of nitrogens with one attached hydrogen (secondary N) is 1. The van der Waals surface area contributed by atoms with Crippen LogP contribution in [0.3, 0.4) is 0 Å². The quantitative estimate of drug-likeness (QED) is 0.588. The predicted molar refractivity (Wildman–Crippen MR) is 38.4 cm³/mol. The summed E-state index contributed by atoms with van der Waals surface area (Å²) in [7, 11) is 0. The molecule has 0 saturated heterocycles. The lowest BCUT2D eigenvalue weighted by Crippen LogP contribution is -2.05. The Bertz CT molecular complexity index is 167. The minimum Gasteiger partial charge on any atom is -0.361 e. The van der Waals surface area contributed by atoms with Crippen LogP contribution in [-0.4, -0.2) is 0 Å². The second-order valence-electron chi connectivity index (χ2n) is 1.50. The molecule has 0 bridgehead atoms. The molecule has 1 heterocycles. The Labute approximate surface area is 56.9 Å². The number of halogens is 1.